The lowest BCUT2D eigenvalue weighted by Gasteiger charge is -2.08. The third kappa shape index (κ3) is 4.14. The summed E-state index contributed by atoms with van der Waals surface area (Å²) in [6.45, 7) is 9.36. The van der Waals surface area contributed by atoms with Crippen LogP contribution in [0, 0.1) is 13.8 Å². The van der Waals surface area contributed by atoms with Gasteiger partial charge in [0, 0.05) is 37.0 Å². The van der Waals surface area contributed by atoms with E-state index in [1.54, 1.807) is 0 Å². The Bertz CT molecular complexity index is 559. The van der Waals surface area contributed by atoms with Crippen LogP contribution in [-0.4, -0.2) is 16.0 Å². The highest BCUT2D eigenvalue weighted by molar-refractivity contribution is 5.31. The molecule has 0 aliphatic carbocycles. The molecule has 3 heteroatoms. The number of rotatable bonds is 5. The molecule has 0 radical (unpaired) electrons. The molecule has 0 bridgehead atoms. The predicted molar refractivity (Wildman–Crippen MR) is 82.7 cm³/mol. The number of hydrogen-bond donors (Lipinski definition) is 1. The lowest BCUT2D eigenvalue weighted by molar-refractivity contribution is 0.586. The highest BCUT2D eigenvalue weighted by Gasteiger charge is 2.02. The molecule has 0 amide bonds. The first-order valence-electron chi connectivity index (χ1n) is 7.14. The van der Waals surface area contributed by atoms with Crippen molar-refractivity contribution in [3.8, 4) is 0 Å². The third-order valence-corrected chi connectivity index (χ3v) is 3.41. The van der Waals surface area contributed by atoms with E-state index in [-0.39, 0.29) is 0 Å². The Morgan fingerprint density at radius 2 is 1.70 bits per heavy atom. The van der Waals surface area contributed by atoms with Gasteiger partial charge in [0.15, 0.2) is 0 Å². The molecule has 3 nitrogen and oxygen atoms in total. The average molecular weight is 269 g/mol. The molecule has 1 aromatic heterocycles. The molecule has 0 saturated carbocycles. The molecule has 1 N–H and O–H groups in total. The van der Waals surface area contributed by atoms with Crippen LogP contribution in [-0.2, 0) is 13.0 Å². The van der Waals surface area contributed by atoms with E-state index < -0.39 is 0 Å². The zero-order valence-electron chi connectivity index (χ0n) is 12.8. The van der Waals surface area contributed by atoms with Crippen molar-refractivity contribution in [3.05, 3.63) is 58.7 Å². The quantitative estimate of drug-likeness (QED) is 0.906. The van der Waals surface area contributed by atoms with E-state index in [0.29, 0.717) is 6.04 Å². The second kappa shape index (κ2) is 6.62. The van der Waals surface area contributed by atoms with E-state index in [0.717, 1.165) is 24.4 Å². The molecule has 0 unspecified atom stereocenters. The minimum atomic E-state index is 0.477. The zero-order valence-corrected chi connectivity index (χ0v) is 12.8. The van der Waals surface area contributed by atoms with Gasteiger partial charge in [-0.1, -0.05) is 32.0 Å². The fraction of sp³-hybridized carbons (Fsp3) is 0.412. The van der Waals surface area contributed by atoms with Crippen molar-refractivity contribution < 1.29 is 0 Å². The van der Waals surface area contributed by atoms with Gasteiger partial charge in [0.2, 0.25) is 0 Å². The average Bonchev–Trinajstić information content (AvgIpc) is 2.42. The lowest BCUT2D eigenvalue weighted by atomic mass is 10.0. The van der Waals surface area contributed by atoms with Gasteiger partial charge < -0.3 is 5.32 Å². The summed E-state index contributed by atoms with van der Waals surface area (Å²) in [7, 11) is 0. The first-order chi connectivity index (χ1) is 9.54. The summed E-state index contributed by atoms with van der Waals surface area (Å²) in [6.07, 6.45) is 4.62. The predicted octanol–water partition coefficient (Wildman–Crippen LogP) is 3.18. The summed E-state index contributed by atoms with van der Waals surface area (Å²) in [4.78, 5) is 8.91. The van der Waals surface area contributed by atoms with E-state index >= 15 is 0 Å². The van der Waals surface area contributed by atoms with Crippen LogP contribution in [0.3, 0.4) is 0 Å². The standard InChI is InChI=1S/C17H23N3/c1-12(2)18-9-16-10-19-17(20-11-16)8-15-6-5-13(3)14(4)7-15/h5-7,10-12,18H,8-9H2,1-4H3. The van der Waals surface area contributed by atoms with Crippen LogP contribution in [0.5, 0.6) is 0 Å². The van der Waals surface area contributed by atoms with Crippen LogP contribution in [0.15, 0.2) is 30.6 Å². The van der Waals surface area contributed by atoms with Gasteiger partial charge in [-0.15, -0.1) is 0 Å². The fourth-order valence-corrected chi connectivity index (χ4v) is 1.98. The summed E-state index contributed by atoms with van der Waals surface area (Å²) in [5, 5.41) is 3.36. The molecule has 2 aromatic rings. The molecule has 1 heterocycles. The number of benzene rings is 1. The Labute approximate surface area is 121 Å². The third-order valence-electron chi connectivity index (χ3n) is 3.41. The van der Waals surface area contributed by atoms with Gasteiger partial charge in [0.05, 0.1) is 0 Å². The number of aryl methyl sites for hydroxylation is 2. The fourth-order valence-electron chi connectivity index (χ4n) is 1.98. The molecule has 0 aliphatic rings. The maximum Gasteiger partial charge on any atom is 0.132 e. The Balaban J connectivity index is 2.01. The van der Waals surface area contributed by atoms with E-state index in [9.17, 15) is 0 Å². The maximum absolute atomic E-state index is 4.45. The Kier molecular flexibility index (Phi) is 4.85. The second-order valence-corrected chi connectivity index (χ2v) is 5.64. The molecule has 0 aliphatic heterocycles. The highest BCUT2D eigenvalue weighted by Crippen LogP contribution is 2.12. The van der Waals surface area contributed by atoms with Gasteiger partial charge in [-0.3, -0.25) is 0 Å². The van der Waals surface area contributed by atoms with Crippen molar-refractivity contribution in [1.82, 2.24) is 15.3 Å². The Morgan fingerprint density at radius 1 is 1.00 bits per heavy atom. The van der Waals surface area contributed by atoms with Crippen LogP contribution in [0.4, 0.5) is 0 Å². The normalized spacial score (nSPS) is 11.1. The summed E-state index contributed by atoms with van der Waals surface area (Å²) in [5.41, 5.74) is 5.04. The minimum absolute atomic E-state index is 0.477. The van der Waals surface area contributed by atoms with E-state index in [2.05, 4.69) is 61.2 Å². The largest absolute Gasteiger partial charge is 0.310 e. The minimum Gasteiger partial charge on any atom is -0.310 e. The summed E-state index contributed by atoms with van der Waals surface area (Å²) in [6, 6.07) is 7.00. The van der Waals surface area contributed by atoms with Crippen molar-refractivity contribution >= 4 is 0 Å². The van der Waals surface area contributed by atoms with Gasteiger partial charge in [0.1, 0.15) is 5.82 Å². The summed E-state index contributed by atoms with van der Waals surface area (Å²) < 4.78 is 0. The Morgan fingerprint density at radius 3 is 2.30 bits per heavy atom. The molecule has 20 heavy (non-hydrogen) atoms. The van der Waals surface area contributed by atoms with Crippen LogP contribution in [0.2, 0.25) is 0 Å². The van der Waals surface area contributed by atoms with Crippen molar-refractivity contribution in [1.29, 1.82) is 0 Å². The number of aromatic nitrogens is 2. The van der Waals surface area contributed by atoms with Crippen LogP contribution in [0.1, 0.15) is 41.9 Å². The molecule has 0 saturated heterocycles. The van der Waals surface area contributed by atoms with E-state index in [4.69, 9.17) is 0 Å². The molecule has 106 valence electrons. The molecule has 0 fully saturated rings. The van der Waals surface area contributed by atoms with Gasteiger partial charge in [0.25, 0.3) is 0 Å². The highest BCUT2D eigenvalue weighted by atomic mass is 14.9. The van der Waals surface area contributed by atoms with Crippen molar-refractivity contribution in [2.24, 2.45) is 0 Å². The molecule has 0 spiro atoms. The smallest absolute Gasteiger partial charge is 0.132 e. The van der Waals surface area contributed by atoms with E-state index in [1.807, 2.05) is 12.4 Å². The van der Waals surface area contributed by atoms with Crippen molar-refractivity contribution in [2.45, 2.75) is 46.7 Å². The summed E-state index contributed by atoms with van der Waals surface area (Å²) >= 11 is 0. The van der Waals surface area contributed by atoms with Gasteiger partial charge >= 0.3 is 0 Å². The van der Waals surface area contributed by atoms with Crippen LogP contribution >= 0.6 is 0 Å². The first-order valence-corrected chi connectivity index (χ1v) is 7.14. The SMILES string of the molecule is Cc1ccc(Cc2ncc(CNC(C)C)cn2)cc1C. The van der Waals surface area contributed by atoms with Gasteiger partial charge in [-0.05, 0) is 30.5 Å². The zero-order chi connectivity index (χ0) is 14.5. The monoisotopic (exact) mass is 269 g/mol. The number of nitrogens with zero attached hydrogens (tertiary/aromatic N) is 2. The summed E-state index contributed by atoms with van der Waals surface area (Å²) in [5.74, 6) is 0.876. The van der Waals surface area contributed by atoms with Gasteiger partial charge in [-0.2, -0.15) is 0 Å². The lowest BCUT2D eigenvalue weighted by Crippen LogP contribution is -2.22. The van der Waals surface area contributed by atoms with Crippen LogP contribution < -0.4 is 5.32 Å². The Hall–Kier alpha value is -1.74. The number of nitrogens with one attached hydrogen (secondary N) is 1. The topological polar surface area (TPSA) is 37.8 Å². The molecule has 0 atom stereocenters. The first kappa shape index (κ1) is 14.7. The molecular formula is C17H23N3. The van der Waals surface area contributed by atoms with E-state index in [1.165, 1.54) is 16.7 Å². The molecule has 1 aromatic carbocycles. The van der Waals surface area contributed by atoms with Gasteiger partial charge in [-0.25, -0.2) is 9.97 Å². The molecular weight excluding hydrogens is 246 g/mol. The molecule has 2 rings (SSSR count). The van der Waals surface area contributed by atoms with Crippen molar-refractivity contribution in [3.63, 3.8) is 0 Å². The van der Waals surface area contributed by atoms with Crippen LogP contribution in [0.25, 0.3) is 0 Å². The van der Waals surface area contributed by atoms with Crippen molar-refractivity contribution in [2.75, 3.05) is 0 Å². The number of hydrogen-bond acceptors (Lipinski definition) is 3. The maximum atomic E-state index is 4.45. The second-order valence-electron chi connectivity index (χ2n) is 5.64.